The molecule has 0 amide bonds. The highest BCUT2D eigenvalue weighted by molar-refractivity contribution is 6.01. The summed E-state index contributed by atoms with van der Waals surface area (Å²) in [6, 6.07) is 9.36. The third kappa shape index (κ3) is 4.76. The molecule has 2 aromatic carbocycles. The van der Waals surface area contributed by atoms with Crippen LogP contribution in [0.3, 0.4) is 0 Å². The molecule has 0 fully saturated rings. The van der Waals surface area contributed by atoms with E-state index >= 15 is 0 Å². The number of fused-ring (bicyclic) bond motifs is 1. The monoisotopic (exact) mass is 406 g/mol. The van der Waals surface area contributed by atoms with E-state index in [9.17, 15) is 9.90 Å². The molecule has 0 saturated heterocycles. The van der Waals surface area contributed by atoms with Crippen molar-refractivity contribution in [3.63, 3.8) is 0 Å². The number of ketones is 1. The summed E-state index contributed by atoms with van der Waals surface area (Å²) in [4.78, 5) is 13.1. The van der Waals surface area contributed by atoms with Gasteiger partial charge in [-0.25, -0.2) is 0 Å². The second kappa shape index (κ2) is 9.21. The van der Waals surface area contributed by atoms with Crippen LogP contribution in [0.25, 0.3) is 0 Å². The molecule has 0 bridgehead atoms. The molecule has 0 spiro atoms. The van der Waals surface area contributed by atoms with Crippen LogP contribution >= 0.6 is 0 Å². The van der Waals surface area contributed by atoms with Crippen LogP contribution in [0.5, 0.6) is 17.2 Å². The lowest BCUT2D eigenvalue weighted by Crippen LogP contribution is -2.22. The fourth-order valence-corrected chi connectivity index (χ4v) is 3.55. The number of benzene rings is 2. The van der Waals surface area contributed by atoms with Gasteiger partial charge in [0.25, 0.3) is 0 Å². The van der Waals surface area contributed by atoms with Crippen LogP contribution < -0.4 is 9.47 Å². The minimum Gasteiger partial charge on any atom is -0.507 e. The van der Waals surface area contributed by atoms with Gasteiger partial charge in [0.2, 0.25) is 0 Å². The van der Waals surface area contributed by atoms with E-state index in [1.807, 2.05) is 58.0 Å². The van der Waals surface area contributed by atoms with Crippen molar-refractivity contribution in [1.29, 1.82) is 0 Å². The summed E-state index contributed by atoms with van der Waals surface area (Å²) < 4.78 is 11.5. The number of carbonyl (C=O) groups excluding carboxylic acids is 1. The molecule has 3 rings (SSSR count). The predicted molar refractivity (Wildman–Crippen MR) is 120 cm³/mol. The normalized spacial score (nSPS) is 15.1. The Bertz CT molecular complexity index is 989. The SMILES string of the molecule is COc1ccc(C2CC(=O)c3cc(CC=C(C)C)c(O)c(CC=C(C)C)c3O2)cc1. The quantitative estimate of drug-likeness (QED) is 0.587. The van der Waals surface area contributed by atoms with Crippen molar-refractivity contribution < 1.29 is 19.4 Å². The van der Waals surface area contributed by atoms with Gasteiger partial charge in [-0.2, -0.15) is 0 Å². The lowest BCUT2D eigenvalue weighted by molar-refractivity contribution is 0.0847. The van der Waals surface area contributed by atoms with Crippen LogP contribution in [0.4, 0.5) is 0 Å². The predicted octanol–water partition coefficient (Wildman–Crippen LogP) is 6.12. The van der Waals surface area contributed by atoms with E-state index in [2.05, 4.69) is 6.08 Å². The number of aromatic hydroxyl groups is 1. The molecule has 0 aromatic heterocycles. The fourth-order valence-electron chi connectivity index (χ4n) is 3.55. The van der Waals surface area contributed by atoms with Gasteiger partial charge >= 0.3 is 0 Å². The lowest BCUT2D eigenvalue weighted by atomic mass is 9.90. The highest BCUT2D eigenvalue weighted by atomic mass is 16.5. The Kier molecular flexibility index (Phi) is 6.66. The van der Waals surface area contributed by atoms with E-state index in [0.29, 0.717) is 29.7 Å². The van der Waals surface area contributed by atoms with E-state index in [1.54, 1.807) is 13.2 Å². The number of methoxy groups -OCH3 is 1. The summed E-state index contributed by atoms with van der Waals surface area (Å²) in [5.41, 5.74) is 5.22. The van der Waals surface area contributed by atoms with E-state index in [0.717, 1.165) is 22.4 Å². The minimum atomic E-state index is -0.385. The topological polar surface area (TPSA) is 55.8 Å². The van der Waals surface area contributed by atoms with Crippen molar-refractivity contribution in [2.75, 3.05) is 7.11 Å². The summed E-state index contributed by atoms with van der Waals surface area (Å²) in [5, 5.41) is 11.0. The van der Waals surface area contributed by atoms with Crippen molar-refractivity contribution >= 4 is 5.78 Å². The number of ether oxygens (including phenoxy) is 2. The number of carbonyl (C=O) groups is 1. The van der Waals surface area contributed by atoms with Crippen LogP contribution in [0.15, 0.2) is 53.6 Å². The maximum atomic E-state index is 13.1. The first-order valence-corrected chi connectivity index (χ1v) is 10.3. The second-order valence-corrected chi connectivity index (χ2v) is 8.22. The molecule has 0 aliphatic carbocycles. The number of Topliss-reactive ketones (excluding diaryl/α,β-unsaturated/α-hetero) is 1. The Morgan fingerprint density at radius 3 is 2.33 bits per heavy atom. The molecule has 0 radical (unpaired) electrons. The molecule has 30 heavy (non-hydrogen) atoms. The first kappa shape index (κ1) is 21.7. The molecule has 1 aliphatic heterocycles. The van der Waals surface area contributed by atoms with Gasteiger partial charge in [-0.15, -0.1) is 0 Å². The standard InChI is InChI=1S/C26H30O4/c1-16(2)6-8-19-14-22-23(27)15-24(18-9-11-20(29-5)12-10-18)30-26(22)21(25(19)28)13-7-17(3)4/h6-7,9-12,14,24,28H,8,13,15H2,1-5H3. The summed E-state index contributed by atoms with van der Waals surface area (Å²) >= 11 is 0. The molecule has 1 aliphatic rings. The van der Waals surface area contributed by atoms with E-state index < -0.39 is 0 Å². The van der Waals surface area contributed by atoms with Gasteiger partial charge in [0.05, 0.1) is 19.1 Å². The molecule has 158 valence electrons. The zero-order valence-corrected chi connectivity index (χ0v) is 18.4. The number of hydrogen-bond donors (Lipinski definition) is 1. The Labute approximate surface area is 178 Å². The highest BCUT2D eigenvalue weighted by Gasteiger charge is 2.31. The molecule has 1 atom stereocenters. The zero-order chi connectivity index (χ0) is 21.8. The maximum Gasteiger partial charge on any atom is 0.170 e. The number of hydrogen-bond acceptors (Lipinski definition) is 4. The first-order valence-electron chi connectivity index (χ1n) is 10.3. The number of phenolic OH excluding ortho intramolecular Hbond substituents is 1. The molecule has 0 saturated carbocycles. The first-order chi connectivity index (χ1) is 14.3. The van der Waals surface area contributed by atoms with Gasteiger partial charge in [-0.3, -0.25) is 4.79 Å². The number of rotatable bonds is 6. The largest absolute Gasteiger partial charge is 0.507 e. The Morgan fingerprint density at radius 1 is 1.10 bits per heavy atom. The highest BCUT2D eigenvalue weighted by Crippen LogP contribution is 2.43. The average Bonchev–Trinajstić information content (AvgIpc) is 2.71. The summed E-state index contributed by atoms with van der Waals surface area (Å²) in [6.45, 7) is 8.08. The molecule has 1 heterocycles. The van der Waals surface area contributed by atoms with Crippen LogP contribution in [0.1, 0.15) is 67.3 Å². The van der Waals surface area contributed by atoms with Gasteiger partial charge in [-0.1, -0.05) is 35.4 Å². The van der Waals surface area contributed by atoms with Gasteiger partial charge in [-0.05, 0) is 69.9 Å². The summed E-state index contributed by atoms with van der Waals surface area (Å²) in [7, 11) is 1.62. The second-order valence-electron chi connectivity index (χ2n) is 8.22. The average molecular weight is 407 g/mol. The van der Waals surface area contributed by atoms with Crippen LogP contribution in [0, 0.1) is 0 Å². The Balaban J connectivity index is 2.06. The fraction of sp³-hybridized carbons (Fsp3) is 0.346. The van der Waals surface area contributed by atoms with E-state index in [1.165, 1.54) is 5.57 Å². The third-order valence-electron chi connectivity index (χ3n) is 5.29. The molecular formula is C26H30O4. The van der Waals surface area contributed by atoms with Gasteiger partial charge in [0.1, 0.15) is 23.4 Å². The van der Waals surface area contributed by atoms with Crippen molar-refractivity contribution in [2.24, 2.45) is 0 Å². The van der Waals surface area contributed by atoms with Crippen LogP contribution in [0.2, 0.25) is 0 Å². The van der Waals surface area contributed by atoms with Crippen LogP contribution in [-0.4, -0.2) is 18.0 Å². The van der Waals surface area contributed by atoms with Crippen molar-refractivity contribution in [3.8, 4) is 17.2 Å². The molecule has 1 unspecified atom stereocenters. The van der Waals surface area contributed by atoms with Crippen molar-refractivity contribution in [3.05, 3.63) is 75.9 Å². The zero-order valence-electron chi connectivity index (χ0n) is 18.4. The van der Waals surface area contributed by atoms with Crippen molar-refractivity contribution in [2.45, 2.75) is 53.1 Å². The molecule has 4 nitrogen and oxygen atoms in total. The van der Waals surface area contributed by atoms with Gasteiger partial charge < -0.3 is 14.6 Å². The maximum absolute atomic E-state index is 13.1. The Hall–Kier alpha value is -3.01. The van der Waals surface area contributed by atoms with E-state index in [4.69, 9.17) is 9.47 Å². The molecular weight excluding hydrogens is 376 g/mol. The molecule has 1 N–H and O–H groups in total. The van der Waals surface area contributed by atoms with Crippen LogP contribution in [-0.2, 0) is 12.8 Å². The third-order valence-corrected chi connectivity index (χ3v) is 5.29. The molecule has 2 aromatic rings. The number of allylic oxidation sites excluding steroid dienone is 4. The number of phenols is 1. The van der Waals surface area contributed by atoms with Gasteiger partial charge in [0, 0.05) is 5.56 Å². The lowest BCUT2D eigenvalue weighted by Gasteiger charge is -2.28. The Morgan fingerprint density at radius 2 is 1.73 bits per heavy atom. The smallest absolute Gasteiger partial charge is 0.170 e. The summed E-state index contributed by atoms with van der Waals surface area (Å²) in [5.74, 6) is 1.51. The minimum absolute atomic E-state index is 0.0361. The molecule has 4 heteroatoms. The van der Waals surface area contributed by atoms with Crippen molar-refractivity contribution in [1.82, 2.24) is 0 Å². The summed E-state index contributed by atoms with van der Waals surface area (Å²) in [6.07, 6.45) is 5.09. The van der Waals surface area contributed by atoms with Gasteiger partial charge in [0.15, 0.2) is 5.78 Å². The van der Waals surface area contributed by atoms with E-state index in [-0.39, 0.29) is 24.1 Å².